The molecule has 302 valence electrons. The van der Waals surface area contributed by atoms with E-state index in [0.717, 1.165) is 45.3 Å². The summed E-state index contributed by atoms with van der Waals surface area (Å²) >= 11 is 0. The van der Waals surface area contributed by atoms with E-state index in [1.54, 1.807) is 0 Å². The minimum Gasteiger partial charge on any atom is -0.310 e. The van der Waals surface area contributed by atoms with Crippen LogP contribution in [-0.4, -0.2) is 15.8 Å². The molecule has 5 heteroatoms. The molecule has 0 atom stereocenters. The van der Waals surface area contributed by atoms with Crippen LogP contribution in [0.3, 0.4) is 0 Å². The fourth-order valence-corrected chi connectivity index (χ4v) is 11.2. The van der Waals surface area contributed by atoms with Crippen LogP contribution in [0.4, 0.5) is 34.1 Å². The lowest BCUT2D eigenvalue weighted by Crippen LogP contribution is -2.63. The van der Waals surface area contributed by atoms with E-state index in [9.17, 15) is 0 Å². The standard InChI is InChI=1S/C59H43BN4/c1-59(2)49-32-18-19-33-51(49)60-52-34-20-31-48-56(52)64(54-39-46(37-50(59)55(54)60)62(42-25-12-5-13-26-42)43-27-14-6-15-28-43)57-47-36-35-45(38-53(47)63(58(48)57)44-29-16-7-17-30-44)61(40-21-8-3-9-22-40)41-23-10-4-11-24-41/h3-39H,1-2H3. The predicted molar refractivity (Wildman–Crippen MR) is 270 cm³/mol. The first kappa shape index (κ1) is 36.6. The highest BCUT2D eigenvalue weighted by Crippen LogP contribution is 2.47. The van der Waals surface area contributed by atoms with E-state index in [0.29, 0.717) is 0 Å². The molecule has 2 aliphatic rings. The van der Waals surface area contributed by atoms with Crippen molar-refractivity contribution in [2.24, 2.45) is 0 Å². The molecule has 0 N–H and O–H groups in total. The zero-order valence-corrected chi connectivity index (χ0v) is 35.7. The molecule has 4 nitrogen and oxygen atoms in total. The zero-order valence-electron chi connectivity index (χ0n) is 35.7. The number of fused-ring (bicyclic) bond motifs is 9. The first-order valence-corrected chi connectivity index (χ1v) is 22.3. The lowest BCUT2D eigenvalue weighted by atomic mass is 9.30. The van der Waals surface area contributed by atoms with Crippen molar-refractivity contribution in [1.29, 1.82) is 0 Å². The molecule has 0 amide bonds. The minimum absolute atomic E-state index is 0.0775. The van der Waals surface area contributed by atoms with Gasteiger partial charge in [-0.15, -0.1) is 0 Å². The van der Waals surface area contributed by atoms with Crippen LogP contribution in [0.25, 0.3) is 44.2 Å². The first-order valence-electron chi connectivity index (χ1n) is 22.3. The number of para-hydroxylation sites is 6. The average Bonchev–Trinajstić information content (AvgIpc) is 3.86. The van der Waals surface area contributed by atoms with Crippen molar-refractivity contribution in [2.75, 3.05) is 9.80 Å². The minimum atomic E-state index is -0.269. The monoisotopic (exact) mass is 818 g/mol. The van der Waals surface area contributed by atoms with Gasteiger partial charge in [-0.05, 0) is 113 Å². The maximum Gasteiger partial charge on any atom is 0.247 e. The van der Waals surface area contributed by atoms with Crippen LogP contribution in [0.15, 0.2) is 224 Å². The summed E-state index contributed by atoms with van der Waals surface area (Å²) in [4.78, 5) is 4.80. The van der Waals surface area contributed by atoms with Gasteiger partial charge in [0.05, 0.1) is 22.1 Å². The first-order chi connectivity index (χ1) is 31.6. The van der Waals surface area contributed by atoms with Gasteiger partial charge in [0.25, 0.3) is 0 Å². The Morgan fingerprint density at radius 3 is 1.50 bits per heavy atom. The van der Waals surface area contributed by atoms with Gasteiger partial charge in [0.15, 0.2) is 0 Å². The summed E-state index contributed by atoms with van der Waals surface area (Å²) in [5.74, 6) is 0. The zero-order chi connectivity index (χ0) is 42.5. The van der Waals surface area contributed by atoms with E-state index in [1.165, 1.54) is 60.5 Å². The van der Waals surface area contributed by atoms with Crippen molar-refractivity contribution in [3.05, 3.63) is 236 Å². The van der Waals surface area contributed by atoms with Crippen LogP contribution < -0.4 is 26.2 Å². The molecule has 13 rings (SSSR count). The van der Waals surface area contributed by atoms with Gasteiger partial charge in [-0.1, -0.05) is 153 Å². The number of rotatable bonds is 7. The van der Waals surface area contributed by atoms with Crippen LogP contribution in [-0.2, 0) is 5.41 Å². The summed E-state index contributed by atoms with van der Waals surface area (Å²) < 4.78 is 5.16. The fraction of sp³-hybridized carbons (Fsp3) is 0.0508. The summed E-state index contributed by atoms with van der Waals surface area (Å²) in [6.07, 6.45) is 0. The Balaban J connectivity index is 1.18. The summed E-state index contributed by atoms with van der Waals surface area (Å²) in [5.41, 5.74) is 20.6. The second-order valence-electron chi connectivity index (χ2n) is 17.7. The molecule has 0 spiro atoms. The van der Waals surface area contributed by atoms with Gasteiger partial charge in [-0.3, -0.25) is 0 Å². The molecule has 0 aliphatic carbocycles. The quantitative estimate of drug-likeness (QED) is 0.149. The smallest absolute Gasteiger partial charge is 0.247 e. The van der Waals surface area contributed by atoms with Gasteiger partial charge in [0.2, 0.25) is 6.71 Å². The van der Waals surface area contributed by atoms with Gasteiger partial charge < -0.3 is 18.9 Å². The lowest BCUT2D eigenvalue weighted by Gasteiger charge is -2.43. The number of benzene rings is 9. The molecule has 4 heterocycles. The van der Waals surface area contributed by atoms with Crippen molar-refractivity contribution in [3.63, 3.8) is 0 Å². The molecule has 0 radical (unpaired) electrons. The Morgan fingerprint density at radius 1 is 0.375 bits per heavy atom. The van der Waals surface area contributed by atoms with E-state index in [2.05, 4.69) is 257 Å². The fourth-order valence-electron chi connectivity index (χ4n) is 11.2. The second-order valence-corrected chi connectivity index (χ2v) is 17.7. The molecule has 2 aliphatic heterocycles. The van der Waals surface area contributed by atoms with Crippen molar-refractivity contribution in [3.8, 4) is 11.4 Å². The molecule has 0 saturated heterocycles. The number of aromatic nitrogens is 2. The third-order valence-electron chi connectivity index (χ3n) is 13.9. The summed E-state index contributed by atoms with van der Waals surface area (Å²) in [6.45, 7) is 4.92. The Kier molecular flexibility index (Phi) is 8.01. The Morgan fingerprint density at radius 2 is 0.891 bits per heavy atom. The number of hydrogen-bond acceptors (Lipinski definition) is 2. The lowest BCUT2D eigenvalue weighted by molar-refractivity contribution is 0.645. The Bertz CT molecular complexity index is 3500. The van der Waals surface area contributed by atoms with Gasteiger partial charge in [0, 0.05) is 61.7 Å². The molecule has 9 aromatic carbocycles. The van der Waals surface area contributed by atoms with Crippen molar-refractivity contribution >= 4 is 90.1 Å². The molecule has 0 fully saturated rings. The van der Waals surface area contributed by atoms with Crippen molar-refractivity contribution in [1.82, 2.24) is 9.13 Å². The molecule has 2 aromatic heterocycles. The van der Waals surface area contributed by atoms with Gasteiger partial charge >= 0.3 is 0 Å². The number of nitrogens with zero attached hydrogens (tertiary/aromatic N) is 4. The van der Waals surface area contributed by atoms with Crippen molar-refractivity contribution in [2.45, 2.75) is 19.3 Å². The van der Waals surface area contributed by atoms with Crippen molar-refractivity contribution < 1.29 is 0 Å². The van der Waals surface area contributed by atoms with E-state index in [1.807, 2.05) is 0 Å². The normalized spacial score (nSPS) is 13.2. The van der Waals surface area contributed by atoms with Crippen LogP contribution in [0.5, 0.6) is 0 Å². The largest absolute Gasteiger partial charge is 0.310 e. The maximum absolute atomic E-state index is 2.64. The van der Waals surface area contributed by atoms with Gasteiger partial charge in [-0.25, -0.2) is 0 Å². The molecule has 11 aromatic rings. The third-order valence-corrected chi connectivity index (χ3v) is 13.9. The number of anilines is 6. The highest BCUT2D eigenvalue weighted by atomic mass is 15.2. The van der Waals surface area contributed by atoms with Crippen LogP contribution >= 0.6 is 0 Å². The van der Waals surface area contributed by atoms with Gasteiger partial charge in [0.1, 0.15) is 0 Å². The molecule has 64 heavy (non-hydrogen) atoms. The molecule has 0 saturated carbocycles. The predicted octanol–water partition coefficient (Wildman–Crippen LogP) is 13.1. The molecule has 0 bridgehead atoms. The maximum atomic E-state index is 2.64. The molecular formula is C59H43BN4. The SMILES string of the molecule is CC1(C)c2ccccc2B2c3c(cc(N(c4ccccc4)c4ccccc4)cc31)-n1c3c2cccc3c2c1c1ccc(N(c3ccccc3)c3ccccc3)cc1n2-c1ccccc1. The Hall–Kier alpha value is -8.02. The highest BCUT2D eigenvalue weighted by molar-refractivity contribution is 6.99. The second kappa shape index (κ2) is 14.0. The van der Waals surface area contributed by atoms with E-state index in [-0.39, 0.29) is 12.1 Å². The number of hydrogen-bond donors (Lipinski definition) is 0. The summed E-state index contributed by atoms with van der Waals surface area (Å²) in [6, 6.07) is 82.3. The third kappa shape index (κ3) is 5.25. The summed E-state index contributed by atoms with van der Waals surface area (Å²) in [7, 11) is 0. The van der Waals surface area contributed by atoms with E-state index < -0.39 is 0 Å². The molecule has 0 unspecified atom stereocenters. The average molecular weight is 819 g/mol. The van der Waals surface area contributed by atoms with E-state index >= 15 is 0 Å². The van der Waals surface area contributed by atoms with Crippen LogP contribution in [0.1, 0.15) is 25.0 Å². The Labute approximate surface area is 373 Å². The van der Waals surface area contributed by atoms with Crippen LogP contribution in [0, 0.1) is 0 Å². The van der Waals surface area contributed by atoms with E-state index in [4.69, 9.17) is 0 Å². The van der Waals surface area contributed by atoms with Gasteiger partial charge in [-0.2, -0.15) is 0 Å². The summed E-state index contributed by atoms with van der Waals surface area (Å²) in [5, 5.41) is 2.46. The topological polar surface area (TPSA) is 16.3 Å². The van der Waals surface area contributed by atoms with Crippen LogP contribution in [0.2, 0.25) is 0 Å². The molecular weight excluding hydrogens is 775 g/mol. The highest BCUT2D eigenvalue weighted by Gasteiger charge is 2.46.